The number of halogens is 1. The van der Waals surface area contributed by atoms with Crippen molar-refractivity contribution in [1.29, 1.82) is 0 Å². The molecule has 0 saturated heterocycles. The van der Waals surface area contributed by atoms with E-state index in [4.69, 9.17) is 16.7 Å². The molecular weight excluding hydrogens is 258 g/mol. The van der Waals surface area contributed by atoms with Crippen molar-refractivity contribution in [2.24, 2.45) is 5.14 Å². The zero-order chi connectivity index (χ0) is 12.5. The van der Waals surface area contributed by atoms with Gasteiger partial charge in [0.1, 0.15) is 0 Å². The Kier molecular flexibility index (Phi) is 3.19. The number of primary sulfonamides is 1. The van der Waals surface area contributed by atoms with Gasteiger partial charge in [-0.05, 0) is 23.8 Å². The zero-order valence-corrected chi connectivity index (χ0v) is 10.4. The van der Waals surface area contributed by atoms with Crippen LogP contribution in [0.4, 0.5) is 0 Å². The van der Waals surface area contributed by atoms with Crippen molar-refractivity contribution >= 4 is 21.6 Å². The molecule has 0 amide bonds. The average molecular weight is 268 g/mol. The van der Waals surface area contributed by atoms with Crippen molar-refractivity contribution in [1.82, 2.24) is 0 Å². The van der Waals surface area contributed by atoms with Crippen molar-refractivity contribution in [2.75, 3.05) is 0 Å². The first-order chi connectivity index (χ1) is 7.98. The lowest BCUT2D eigenvalue weighted by molar-refractivity contribution is 0.598. The van der Waals surface area contributed by atoms with Crippen LogP contribution in [0.25, 0.3) is 11.1 Å². The Morgan fingerprint density at radius 2 is 1.53 bits per heavy atom. The molecule has 3 nitrogen and oxygen atoms in total. The zero-order valence-electron chi connectivity index (χ0n) is 8.80. The summed E-state index contributed by atoms with van der Waals surface area (Å²) in [7, 11) is -3.72. The smallest absolute Gasteiger partial charge is 0.225 e. The third-order valence-corrected chi connectivity index (χ3v) is 3.57. The molecule has 0 fully saturated rings. The molecule has 0 unspecified atom stereocenters. The summed E-state index contributed by atoms with van der Waals surface area (Å²) in [6, 6.07) is 13.5. The van der Waals surface area contributed by atoms with Crippen LogP contribution in [0.3, 0.4) is 0 Å². The summed E-state index contributed by atoms with van der Waals surface area (Å²) in [6.45, 7) is 0. The summed E-state index contributed by atoms with van der Waals surface area (Å²) in [5.74, 6) is 0. The highest BCUT2D eigenvalue weighted by Crippen LogP contribution is 2.27. The van der Waals surface area contributed by atoms with E-state index in [1.807, 2.05) is 0 Å². The molecule has 0 atom stereocenters. The Labute approximate surface area is 105 Å². The van der Waals surface area contributed by atoms with Gasteiger partial charge in [-0.25, -0.2) is 13.6 Å². The van der Waals surface area contributed by atoms with Gasteiger partial charge >= 0.3 is 0 Å². The lowest BCUT2D eigenvalue weighted by Crippen LogP contribution is -2.13. The Morgan fingerprint density at radius 3 is 2.12 bits per heavy atom. The number of hydrogen-bond donors (Lipinski definition) is 1. The number of benzene rings is 2. The van der Waals surface area contributed by atoms with Crippen LogP contribution in [0.15, 0.2) is 53.4 Å². The molecule has 0 saturated carbocycles. The van der Waals surface area contributed by atoms with E-state index >= 15 is 0 Å². The molecule has 0 aromatic heterocycles. The second kappa shape index (κ2) is 4.49. The summed E-state index contributed by atoms with van der Waals surface area (Å²) in [5.41, 5.74) is 1.34. The maximum absolute atomic E-state index is 11.4. The third-order valence-electron chi connectivity index (χ3n) is 2.35. The van der Waals surface area contributed by atoms with E-state index in [2.05, 4.69) is 0 Å². The topological polar surface area (TPSA) is 60.2 Å². The fourth-order valence-electron chi connectivity index (χ4n) is 1.58. The Balaban J connectivity index is 2.64. The summed E-state index contributed by atoms with van der Waals surface area (Å²) in [5, 5.41) is 5.77. The summed E-state index contributed by atoms with van der Waals surface area (Å²) in [6.07, 6.45) is 0. The van der Waals surface area contributed by atoms with E-state index in [9.17, 15) is 8.42 Å². The van der Waals surface area contributed by atoms with E-state index < -0.39 is 10.0 Å². The van der Waals surface area contributed by atoms with Crippen LogP contribution in [0.2, 0.25) is 5.02 Å². The van der Waals surface area contributed by atoms with Gasteiger partial charge in [-0.2, -0.15) is 0 Å². The minimum atomic E-state index is -3.72. The van der Waals surface area contributed by atoms with Crippen LogP contribution >= 0.6 is 11.6 Å². The van der Waals surface area contributed by atoms with Crippen molar-refractivity contribution in [3.63, 3.8) is 0 Å². The molecular formula is C12H10ClNO2S. The standard InChI is InChI=1S/C12H10ClNO2S/c13-10-7-5-9(6-8-10)11-3-1-2-4-12(11)17(14,15)16/h1-8H,(H2,14,15,16). The molecule has 0 aliphatic carbocycles. The molecule has 2 aromatic rings. The lowest BCUT2D eigenvalue weighted by Gasteiger charge is -2.07. The number of nitrogens with two attached hydrogens (primary N) is 1. The number of sulfonamides is 1. The number of rotatable bonds is 2. The van der Waals surface area contributed by atoms with Crippen molar-refractivity contribution in [3.05, 3.63) is 53.6 Å². The van der Waals surface area contributed by atoms with Gasteiger partial charge in [-0.3, -0.25) is 0 Å². The highest BCUT2D eigenvalue weighted by atomic mass is 35.5. The first-order valence-electron chi connectivity index (χ1n) is 4.86. The van der Waals surface area contributed by atoms with Crippen LogP contribution in [-0.2, 0) is 10.0 Å². The minimum absolute atomic E-state index is 0.113. The van der Waals surface area contributed by atoms with Gasteiger partial charge in [-0.1, -0.05) is 41.9 Å². The van der Waals surface area contributed by atoms with Gasteiger partial charge in [-0.15, -0.1) is 0 Å². The van der Waals surface area contributed by atoms with Crippen LogP contribution in [0.1, 0.15) is 0 Å². The van der Waals surface area contributed by atoms with Gasteiger partial charge < -0.3 is 0 Å². The third kappa shape index (κ3) is 2.66. The van der Waals surface area contributed by atoms with E-state index in [1.54, 1.807) is 42.5 Å². The fraction of sp³-hybridized carbons (Fsp3) is 0. The van der Waals surface area contributed by atoms with Crippen molar-refractivity contribution in [3.8, 4) is 11.1 Å². The Morgan fingerprint density at radius 1 is 0.941 bits per heavy atom. The van der Waals surface area contributed by atoms with E-state index in [0.29, 0.717) is 10.6 Å². The molecule has 0 spiro atoms. The van der Waals surface area contributed by atoms with Crippen molar-refractivity contribution in [2.45, 2.75) is 4.90 Å². The SMILES string of the molecule is NS(=O)(=O)c1ccccc1-c1ccc(Cl)cc1. The lowest BCUT2D eigenvalue weighted by atomic mass is 10.1. The van der Waals surface area contributed by atoms with Gasteiger partial charge in [0.2, 0.25) is 10.0 Å². The fourth-order valence-corrected chi connectivity index (χ4v) is 2.47. The molecule has 5 heteroatoms. The van der Waals surface area contributed by atoms with Crippen LogP contribution in [0.5, 0.6) is 0 Å². The molecule has 2 rings (SSSR count). The highest BCUT2D eigenvalue weighted by molar-refractivity contribution is 7.89. The van der Waals surface area contributed by atoms with Gasteiger partial charge in [0.05, 0.1) is 4.90 Å². The van der Waals surface area contributed by atoms with Crippen LogP contribution in [-0.4, -0.2) is 8.42 Å². The molecule has 2 N–H and O–H groups in total. The van der Waals surface area contributed by atoms with Crippen LogP contribution < -0.4 is 5.14 Å². The molecule has 0 radical (unpaired) electrons. The second-order valence-electron chi connectivity index (χ2n) is 3.55. The largest absolute Gasteiger partial charge is 0.238 e. The van der Waals surface area contributed by atoms with Crippen LogP contribution in [0, 0.1) is 0 Å². The predicted molar refractivity (Wildman–Crippen MR) is 68.3 cm³/mol. The molecule has 0 aliphatic heterocycles. The quantitative estimate of drug-likeness (QED) is 0.909. The Hall–Kier alpha value is -1.36. The predicted octanol–water partition coefficient (Wildman–Crippen LogP) is 2.65. The normalized spacial score (nSPS) is 11.4. The van der Waals surface area contributed by atoms with E-state index in [1.165, 1.54) is 6.07 Å². The van der Waals surface area contributed by atoms with E-state index in [0.717, 1.165) is 5.56 Å². The molecule has 0 heterocycles. The molecule has 0 bridgehead atoms. The Bertz CT molecular complexity index is 636. The minimum Gasteiger partial charge on any atom is -0.225 e. The molecule has 17 heavy (non-hydrogen) atoms. The summed E-state index contributed by atoms with van der Waals surface area (Å²) in [4.78, 5) is 0.113. The monoisotopic (exact) mass is 267 g/mol. The molecule has 0 aliphatic rings. The van der Waals surface area contributed by atoms with E-state index in [-0.39, 0.29) is 4.90 Å². The average Bonchev–Trinajstić information content (AvgIpc) is 2.29. The molecule has 88 valence electrons. The highest BCUT2D eigenvalue weighted by Gasteiger charge is 2.13. The van der Waals surface area contributed by atoms with Gasteiger partial charge in [0, 0.05) is 10.6 Å². The maximum atomic E-state index is 11.4. The first-order valence-corrected chi connectivity index (χ1v) is 6.79. The second-order valence-corrected chi connectivity index (χ2v) is 5.51. The summed E-state index contributed by atoms with van der Waals surface area (Å²) >= 11 is 5.79. The molecule has 2 aromatic carbocycles. The first kappa shape index (κ1) is 12.1. The van der Waals surface area contributed by atoms with Crippen molar-refractivity contribution < 1.29 is 8.42 Å². The van der Waals surface area contributed by atoms with Gasteiger partial charge in [0.15, 0.2) is 0 Å². The summed E-state index contributed by atoms with van der Waals surface area (Å²) < 4.78 is 22.9. The van der Waals surface area contributed by atoms with Gasteiger partial charge in [0.25, 0.3) is 0 Å². The maximum Gasteiger partial charge on any atom is 0.238 e. The number of hydrogen-bond acceptors (Lipinski definition) is 2.